The van der Waals surface area contributed by atoms with Gasteiger partial charge in [0.15, 0.2) is 5.79 Å². The Labute approximate surface area is 316 Å². The van der Waals surface area contributed by atoms with E-state index in [1.54, 1.807) is 37.8 Å². The van der Waals surface area contributed by atoms with Gasteiger partial charge in [0.05, 0.1) is 18.2 Å². The average molecular weight is 825 g/mol. The molecule has 0 bridgehead atoms. The number of hydrogen-bond acceptors (Lipinski definition) is 9. The summed E-state index contributed by atoms with van der Waals surface area (Å²) in [5, 5.41) is 12.8. The van der Waals surface area contributed by atoms with E-state index in [1.807, 2.05) is 18.2 Å². The molecule has 11 nitrogen and oxygen atoms in total. The first kappa shape index (κ1) is 41.2. The fraction of sp³-hybridized carbons (Fsp3) is 0.692. The summed E-state index contributed by atoms with van der Waals surface area (Å²) >= 11 is 2.11. The number of hydrogen-bond donors (Lipinski definition) is 2. The first-order chi connectivity index (χ1) is 24.3. The number of nitrogens with one attached hydrogen (secondary N) is 1. The van der Waals surface area contributed by atoms with Crippen LogP contribution in [0, 0.1) is 3.57 Å². The van der Waals surface area contributed by atoms with Gasteiger partial charge in [0.25, 0.3) is 0 Å². The number of nitrogens with zero attached hydrogens (tertiary/aromatic N) is 1. The predicted octanol–water partition coefficient (Wildman–Crippen LogP) is 6.38. The highest BCUT2D eigenvalue weighted by molar-refractivity contribution is 14.1. The molecule has 5 unspecified atom stereocenters. The second-order valence-electron chi connectivity index (χ2n) is 15.0. The van der Waals surface area contributed by atoms with Gasteiger partial charge in [-0.15, -0.1) is 0 Å². The lowest BCUT2D eigenvalue weighted by Crippen LogP contribution is -2.51. The quantitative estimate of drug-likeness (QED) is 0.104. The lowest BCUT2D eigenvalue weighted by Gasteiger charge is -2.33. The molecule has 51 heavy (non-hydrogen) atoms. The van der Waals surface area contributed by atoms with Crippen molar-refractivity contribution in [2.75, 3.05) is 13.2 Å². The average Bonchev–Trinajstić information content (AvgIpc) is 3.72. The highest BCUT2D eigenvalue weighted by Crippen LogP contribution is 2.43. The number of fused-ring (bicyclic) bond motifs is 1. The Morgan fingerprint density at radius 1 is 1.06 bits per heavy atom. The summed E-state index contributed by atoms with van der Waals surface area (Å²) in [7, 11) is 0. The third-order valence-electron chi connectivity index (χ3n) is 9.63. The molecule has 0 spiro atoms. The van der Waals surface area contributed by atoms with Gasteiger partial charge in [-0.1, -0.05) is 51.7 Å². The number of aliphatic hydroxyl groups excluding tert-OH is 1. The summed E-state index contributed by atoms with van der Waals surface area (Å²) in [4.78, 5) is 55.2. The lowest BCUT2D eigenvalue weighted by molar-refractivity contribution is -0.190. The molecular weight excluding hydrogens is 767 g/mol. The molecule has 3 aliphatic rings. The largest absolute Gasteiger partial charge is 0.460 e. The number of carbonyl (C=O) groups is 4. The van der Waals surface area contributed by atoms with E-state index >= 15 is 0 Å². The molecule has 0 aromatic heterocycles. The third-order valence-corrected chi connectivity index (χ3v) is 10.6. The lowest BCUT2D eigenvalue weighted by atomic mass is 9.91. The van der Waals surface area contributed by atoms with Crippen molar-refractivity contribution in [3.63, 3.8) is 0 Å². The number of likely N-dealkylation sites (tertiary alicyclic amines) is 1. The topological polar surface area (TPSA) is 141 Å². The minimum atomic E-state index is -0.838. The second-order valence-corrected chi connectivity index (χ2v) is 16.1. The van der Waals surface area contributed by atoms with Crippen LogP contribution in [0.1, 0.15) is 128 Å². The Balaban J connectivity index is 1.54. The van der Waals surface area contributed by atoms with E-state index < -0.39 is 53.7 Å². The van der Waals surface area contributed by atoms with Crippen molar-refractivity contribution in [1.82, 2.24) is 10.2 Å². The summed E-state index contributed by atoms with van der Waals surface area (Å²) in [5.74, 6) is -2.43. The maximum Gasteiger partial charge on any atom is 0.339 e. The van der Waals surface area contributed by atoms with Crippen LogP contribution >= 0.6 is 22.6 Å². The van der Waals surface area contributed by atoms with Gasteiger partial charge in [0.2, 0.25) is 11.8 Å². The van der Waals surface area contributed by atoms with Gasteiger partial charge in [-0.05, 0) is 93.7 Å². The van der Waals surface area contributed by atoms with Crippen LogP contribution in [-0.4, -0.2) is 88.7 Å². The summed E-state index contributed by atoms with van der Waals surface area (Å²) in [5.41, 5.74) is 0.225. The standard InChI is InChI=1S/C39H57IN2O9/c1-6-8-12-20-39(21-13-9-7-2)49-32-24-26(23-31(34(32)51-39)48-37(47)28-15-10-11-16-29(28)40)36(46)42-22-14-17-30(42)35(45)41-27(25-43)18-19-33(44)50-38(3,4)5/h10-11,15-16,24,27,30-32,34,43H,6-9,12-14,17-23,25H2,1-5H3,(H,41,45). The number of halogens is 1. The number of unbranched alkanes of at least 4 members (excludes halogenated alkanes) is 4. The zero-order valence-corrected chi connectivity index (χ0v) is 33.1. The highest BCUT2D eigenvalue weighted by atomic mass is 127. The van der Waals surface area contributed by atoms with Gasteiger partial charge in [-0.3, -0.25) is 14.4 Å². The number of aliphatic hydroxyl groups is 1. The number of amides is 2. The molecule has 1 aromatic rings. The molecule has 2 heterocycles. The number of rotatable bonds is 17. The van der Waals surface area contributed by atoms with E-state index in [0.29, 0.717) is 43.4 Å². The smallest absolute Gasteiger partial charge is 0.339 e. The molecule has 2 fully saturated rings. The van der Waals surface area contributed by atoms with Crippen molar-refractivity contribution in [3.05, 3.63) is 45.0 Å². The van der Waals surface area contributed by atoms with Gasteiger partial charge >= 0.3 is 11.9 Å². The number of esters is 2. The Morgan fingerprint density at radius 2 is 1.75 bits per heavy atom. The van der Waals surface area contributed by atoms with E-state index in [0.717, 1.165) is 42.1 Å². The Hall–Kier alpha value is -2.55. The maximum absolute atomic E-state index is 14.3. The summed E-state index contributed by atoms with van der Waals surface area (Å²) < 4.78 is 25.8. The Morgan fingerprint density at radius 3 is 2.37 bits per heavy atom. The molecule has 4 rings (SSSR count). The molecule has 5 atom stereocenters. The monoisotopic (exact) mass is 824 g/mol. The van der Waals surface area contributed by atoms with Gasteiger partial charge < -0.3 is 34.3 Å². The number of ether oxygens (including phenoxy) is 4. The van der Waals surface area contributed by atoms with Crippen LogP contribution in [0.25, 0.3) is 0 Å². The molecule has 0 radical (unpaired) electrons. The van der Waals surface area contributed by atoms with Gasteiger partial charge in [0.1, 0.15) is 30.0 Å². The first-order valence-corrected chi connectivity index (χ1v) is 19.8. The van der Waals surface area contributed by atoms with Crippen LogP contribution in [-0.2, 0) is 33.3 Å². The molecule has 1 aliphatic carbocycles. The van der Waals surface area contributed by atoms with Crippen molar-refractivity contribution < 1.29 is 43.2 Å². The SMILES string of the molecule is CCCCCC1(CCCCC)OC2C=C(C(=O)N3CCCC3C(=O)NC(CO)CCC(=O)OC(C)(C)C)CC(OC(=O)c3ccccc3I)C2O1. The highest BCUT2D eigenvalue weighted by Gasteiger charge is 2.53. The van der Waals surface area contributed by atoms with Crippen LogP contribution in [0.5, 0.6) is 0 Å². The molecular formula is C39H57IN2O9. The minimum Gasteiger partial charge on any atom is -0.460 e. The summed E-state index contributed by atoms with van der Waals surface area (Å²) in [6.07, 6.45) is 8.79. The molecule has 0 saturated carbocycles. The fourth-order valence-electron chi connectivity index (χ4n) is 7.08. The second kappa shape index (κ2) is 19.0. The van der Waals surface area contributed by atoms with E-state index in [-0.39, 0.29) is 37.7 Å². The van der Waals surface area contributed by atoms with E-state index in [2.05, 4.69) is 41.8 Å². The zero-order valence-electron chi connectivity index (χ0n) is 30.9. The Bertz CT molecular complexity index is 1380. The van der Waals surface area contributed by atoms with Crippen LogP contribution in [0.15, 0.2) is 35.9 Å². The minimum absolute atomic E-state index is 0.0358. The normalized spacial score (nSPS) is 23.3. The fourth-order valence-corrected chi connectivity index (χ4v) is 7.68. The molecule has 1 aromatic carbocycles. The van der Waals surface area contributed by atoms with Gasteiger partial charge in [-0.25, -0.2) is 4.79 Å². The summed E-state index contributed by atoms with van der Waals surface area (Å²) in [6.45, 7) is 9.68. The first-order valence-electron chi connectivity index (χ1n) is 18.8. The van der Waals surface area contributed by atoms with Crippen LogP contribution in [0.4, 0.5) is 0 Å². The Kier molecular flexibility index (Phi) is 15.3. The van der Waals surface area contributed by atoms with Crippen molar-refractivity contribution in [2.24, 2.45) is 0 Å². The molecule has 2 aliphatic heterocycles. The van der Waals surface area contributed by atoms with Gasteiger partial charge in [0, 0.05) is 41.4 Å². The van der Waals surface area contributed by atoms with Crippen LogP contribution < -0.4 is 5.32 Å². The molecule has 2 amide bonds. The van der Waals surface area contributed by atoms with Crippen LogP contribution in [0.3, 0.4) is 0 Å². The number of benzene rings is 1. The van der Waals surface area contributed by atoms with Crippen molar-refractivity contribution in [2.45, 2.75) is 160 Å². The van der Waals surface area contributed by atoms with Crippen LogP contribution in [0.2, 0.25) is 0 Å². The molecule has 12 heteroatoms. The zero-order chi connectivity index (χ0) is 37.2. The van der Waals surface area contributed by atoms with E-state index in [4.69, 9.17) is 18.9 Å². The summed E-state index contributed by atoms with van der Waals surface area (Å²) in [6, 6.07) is 5.79. The maximum atomic E-state index is 14.3. The molecule has 284 valence electrons. The van der Waals surface area contributed by atoms with Crippen molar-refractivity contribution >= 4 is 46.3 Å². The van der Waals surface area contributed by atoms with E-state index in [9.17, 15) is 24.3 Å². The third kappa shape index (κ3) is 11.5. The predicted molar refractivity (Wildman–Crippen MR) is 201 cm³/mol. The number of carbonyl (C=O) groups excluding carboxylic acids is 4. The van der Waals surface area contributed by atoms with Gasteiger partial charge in [-0.2, -0.15) is 0 Å². The van der Waals surface area contributed by atoms with Crippen molar-refractivity contribution in [1.29, 1.82) is 0 Å². The van der Waals surface area contributed by atoms with Crippen molar-refractivity contribution in [3.8, 4) is 0 Å². The molecule has 2 N–H and O–H groups in total. The molecule has 2 saturated heterocycles. The van der Waals surface area contributed by atoms with E-state index in [1.165, 1.54) is 0 Å².